The number of aliphatic carboxylic acids is 2. The Morgan fingerprint density at radius 2 is 0.750 bits per heavy atom. The van der Waals surface area contributed by atoms with Crippen LogP contribution in [0.3, 0.4) is 0 Å². The summed E-state index contributed by atoms with van der Waals surface area (Å²) >= 11 is 0. The molecule has 0 saturated carbocycles. The van der Waals surface area contributed by atoms with Crippen molar-refractivity contribution in [1.29, 1.82) is 0 Å². The molecule has 12 heteroatoms. The van der Waals surface area contributed by atoms with E-state index < -0.39 is 24.3 Å². The van der Waals surface area contributed by atoms with Crippen LogP contribution in [-0.4, -0.2) is 34.5 Å². The summed E-state index contributed by atoms with van der Waals surface area (Å²) in [7, 11) is 0. The number of hydrogen-bond acceptors (Lipinski definition) is 2. The van der Waals surface area contributed by atoms with Crippen LogP contribution in [0.2, 0.25) is 0 Å². The molecule has 0 aromatic rings. The highest BCUT2D eigenvalue weighted by Crippen LogP contribution is 2.13. The minimum absolute atomic E-state index is 0. The highest BCUT2D eigenvalue weighted by molar-refractivity contribution is 8.93. The van der Waals surface area contributed by atoms with E-state index in [1.165, 1.54) is 0 Å². The highest BCUT2D eigenvalue weighted by Gasteiger charge is 2.38. The van der Waals surface area contributed by atoms with Crippen LogP contribution < -0.4 is 0 Å². The fourth-order valence-electron chi connectivity index (χ4n) is 0. The molecule has 0 atom stereocenters. The standard InChI is InChI=1S/2C2HF3O2.2BrH/c2*3-2(4,5)1(6)7;;/h2*(H,6,7);2*1H. The first-order chi connectivity index (χ1) is 5.89. The van der Waals surface area contributed by atoms with Crippen molar-refractivity contribution in [1.82, 2.24) is 0 Å². The van der Waals surface area contributed by atoms with E-state index in [0.717, 1.165) is 0 Å². The van der Waals surface area contributed by atoms with E-state index in [1.54, 1.807) is 0 Å². The molecule has 0 aliphatic rings. The van der Waals surface area contributed by atoms with Gasteiger partial charge in [0.25, 0.3) is 0 Å². The zero-order chi connectivity index (χ0) is 12.2. The van der Waals surface area contributed by atoms with Crippen molar-refractivity contribution in [2.24, 2.45) is 0 Å². The molecule has 0 unspecified atom stereocenters. The summed E-state index contributed by atoms with van der Waals surface area (Å²) in [4.78, 5) is 17.8. The van der Waals surface area contributed by atoms with Gasteiger partial charge in [-0.3, -0.25) is 0 Å². The maximum atomic E-state index is 10.6. The van der Waals surface area contributed by atoms with E-state index in [2.05, 4.69) is 0 Å². The molecule has 0 aliphatic heterocycles. The van der Waals surface area contributed by atoms with Crippen molar-refractivity contribution in [3.8, 4) is 0 Å². The van der Waals surface area contributed by atoms with Crippen LogP contribution in [0.1, 0.15) is 0 Å². The van der Waals surface area contributed by atoms with Crippen molar-refractivity contribution >= 4 is 45.9 Å². The van der Waals surface area contributed by atoms with Crippen LogP contribution in [-0.2, 0) is 9.59 Å². The minimum Gasteiger partial charge on any atom is -0.475 e. The van der Waals surface area contributed by atoms with Gasteiger partial charge in [-0.1, -0.05) is 0 Å². The molecule has 0 aromatic heterocycles. The molecule has 100 valence electrons. The van der Waals surface area contributed by atoms with E-state index in [0.29, 0.717) is 0 Å². The number of carboxylic acid groups (broad SMARTS) is 2. The van der Waals surface area contributed by atoms with Crippen molar-refractivity contribution < 1.29 is 46.1 Å². The smallest absolute Gasteiger partial charge is 0.475 e. The largest absolute Gasteiger partial charge is 0.490 e. The molecule has 0 bridgehead atoms. The molecule has 0 rings (SSSR count). The monoisotopic (exact) mass is 388 g/mol. The maximum Gasteiger partial charge on any atom is 0.490 e. The Bertz CT molecular complexity index is 200. The van der Waals surface area contributed by atoms with Gasteiger partial charge in [-0.25, -0.2) is 9.59 Å². The SMILES string of the molecule is Br.Br.O=C(O)C(F)(F)F.O=C(O)C(F)(F)F. The molecule has 0 amide bonds. The summed E-state index contributed by atoms with van der Waals surface area (Å²) in [6.07, 6.45) is -10.2. The quantitative estimate of drug-likeness (QED) is 0.624. The Balaban J connectivity index is -0.0000000800. The van der Waals surface area contributed by atoms with Gasteiger partial charge < -0.3 is 10.2 Å². The van der Waals surface area contributed by atoms with Crippen molar-refractivity contribution in [2.45, 2.75) is 12.4 Å². The zero-order valence-corrected chi connectivity index (χ0v) is 10.2. The molecule has 0 heterocycles. The van der Waals surface area contributed by atoms with Crippen LogP contribution >= 0.6 is 34.0 Å². The predicted molar refractivity (Wildman–Crippen MR) is 48.0 cm³/mol. The first kappa shape index (κ1) is 24.6. The molecular formula is C4H4Br2F6O4. The van der Waals surface area contributed by atoms with Gasteiger partial charge in [-0.05, 0) is 0 Å². The predicted octanol–water partition coefficient (Wildman–Crippen LogP) is 2.42. The van der Waals surface area contributed by atoms with Gasteiger partial charge in [-0.2, -0.15) is 26.3 Å². The Hall–Kier alpha value is -0.520. The molecule has 4 nitrogen and oxygen atoms in total. The number of alkyl halides is 6. The average molecular weight is 390 g/mol. The topological polar surface area (TPSA) is 74.6 Å². The van der Waals surface area contributed by atoms with Gasteiger partial charge in [0.2, 0.25) is 0 Å². The van der Waals surface area contributed by atoms with E-state index in [4.69, 9.17) is 19.8 Å². The first-order valence-electron chi connectivity index (χ1n) is 2.49. The second kappa shape index (κ2) is 8.61. The Labute approximate surface area is 105 Å². The van der Waals surface area contributed by atoms with Crippen molar-refractivity contribution in [3.63, 3.8) is 0 Å². The number of carbonyl (C=O) groups is 2. The van der Waals surface area contributed by atoms with Gasteiger partial charge in [0.05, 0.1) is 0 Å². The van der Waals surface area contributed by atoms with Gasteiger partial charge in [0, 0.05) is 0 Å². The number of halogens is 8. The molecule has 0 saturated heterocycles. The molecule has 0 fully saturated rings. The average Bonchev–Trinajstić information content (AvgIpc) is 1.83. The summed E-state index contributed by atoms with van der Waals surface area (Å²) < 4.78 is 63.5. The minimum atomic E-state index is -5.08. The third-order valence-corrected chi connectivity index (χ3v) is 0.485. The Morgan fingerprint density at radius 1 is 0.688 bits per heavy atom. The van der Waals surface area contributed by atoms with E-state index in [1.807, 2.05) is 0 Å². The summed E-state index contributed by atoms with van der Waals surface area (Å²) in [5.41, 5.74) is 0. The van der Waals surface area contributed by atoms with Crippen LogP contribution in [0.25, 0.3) is 0 Å². The van der Waals surface area contributed by atoms with E-state index in [-0.39, 0.29) is 34.0 Å². The van der Waals surface area contributed by atoms with Crippen LogP contribution in [0.4, 0.5) is 26.3 Å². The number of rotatable bonds is 0. The van der Waals surface area contributed by atoms with Gasteiger partial charge in [0.1, 0.15) is 0 Å². The lowest BCUT2D eigenvalue weighted by atomic mass is 10.7. The molecule has 0 spiro atoms. The fourth-order valence-corrected chi connectivity index (χ4v) is 0. The second-order valence-corrected chi connectivity index (χ2v) is 1.61. The van der Waals surface area contributed by atoms with Gasteiger partial charge in [0.15, 0.2) is 0 Å². The van der Waals surface area contributed by atoms with Gasteiger partial charge in [-0.15, -0.1) is 34.0 Å². The zero-order valence-electron chi connectivity index (χ0n) is 6.80. The molecule has 0 radical (unpaired) electrons. The molecule has 0 aliphatic carbocycles. The normalized spacial score (nSPS) is 9.88. The van der Waals surface area contributed by atoms with Crippen LogP contribution in [0.5, 0.6) is 0 Å². The molecule has 0 aromatic carbocycles. The first-order valence-corrected chi connectivity index (χ1v) is 2.49. The summed E-state index contributed by atoms with van der Waals surface area (Å²) in [5, 5.41) is 14.2. The number of hydrogen-bond donors (Lipinski definition) is 2. The van der Waals surface area contributed by atoms with Crippen LogP contribution in [0.15, 0.2) is 0 Å². The van der Waals surface area contributed by atoms with Crippen molar-refractivity contribution in [2.75, 3.05) is 0 Å². The lowest BCUT2D eigenvalue weighted by Crippen LogP contribution is -2.21. The third-order valence-electron chi connectivity index (χ3n) is 0.485. The van der Waals surface area contributed by atoms with E-state index >= 15 is 0 Å². The fraction of sp³-hybridized carbons (Fsp3) is 0.500. The lowest BCUT2D eigenvalue weighted by Gasteiger charge is -1.93. The third kappa shape index (κ3) is 15.9. The molecule has 2 N–H and O–H groups in total. The summed E-state index contributed by atoms with van der Waals surface area (Å²) in [5.74, 6) is -5.51. The Morgan fingerprint density at radius 3 is 0.750 bits per heavy atom. The molecule has 16 heavy (non-hydrogen) atoms. The number of carboxylic acids is 2. The summed E-state index contributed by atoms with van der Waals surface area (Å²) in [6, 6.07) is 0. The van der Waals surface area contributed by atoms with Gasteiger partial charge >= 0.3 is 24.3 Å². The Kier molecular flexibility index (Phi) is 13.3. The summed E-state index contributed by atoms with van der Waals surface area (Å²) in [6.45, 7) is 0. The van der Waals surface area contributed by atoms with E-state index in [9.17, 15) is 26.3 Å². The second-order valence-electron chi connectivity index (χ2n) is 1.61. The highest BCUT2D eigenvalue weighted by atomic mass is 79.9. The lowest BCUT2D eigenvalue weighted by molar-refractivity contribution is -0.193. The van der Waals surface area contributed by atoms with Crippen molar-refractivity contribution in [3.05, 3.63) is 0 Å². The maximum absolute atomic E-state index is 10.6. The van der Waals surface area contributed by atoms with Crippen LogP contribution in [0, 0.1) is 0 Å². The molecular weight excluding hydrogens is 386 g/mol.